The molecule has 176 valence electrons. The van der Waals surface area contributed by atoms with E-state index >= 15 is 0 Å². The lowest BCUT2D eigenvalue weighted by atomic mass is 10.1. The normalized spacial score (nSPS) is 13.7. The fourth-order valence-electron chi connectivity index (χ4n) is 4.64. The van der Waals surface area contributed by atoms with Crippen molar-refractivity contribution in [3.63, 3.8) is 0 Å². The first-order valence-electron chi connectivity index (χ1n) is 12.0. The largest absolute Gasteiger partial charge is 0.327 e. The lowest BCUT2D eigenvalue weighted by Gasteiger charge is -2.14. The van der Waals surface area contributed by atoms with Crippen LogP contribution < -0.4 is 5.56 Å². The van der Waals surface area contributed by atoms with Gasteiger partial charge in [0, 0.05) is 30.6 Å². The fourth-order valence-corrected chi connectivity index (χ4v) is 4.64. The summed E-state index contributed by atoms with van der Waals surface area (Å²) in [4.78, 5) is 32.4. The molecule has 0 saturated heterocycles. The molecule has 1 aliphatic carbocycles. The third-order valence-corrected chi connectivity index (χ3v) is 6.65. The summed E-state index contributed by atoms with van der Waals surface area (Å²) in [5, 5.41) is 0.550. The molecule has 4 heterocycles. The molecule has 1 saturated carbocycles. The van der Waals surface area contributed by atoms with Gasteiger partial charge in [-0.2, -0.15) is 0 Å². The molecule has 6 rings (SSSR count). The Kier molecular flexibility index (Phi) is 4.91. The van der Waals surface area contributed by atoms with Gasteiger partial charge in [0.25, 0.3) is 5.56 Å². The Morgan fingerprint density at radius 2 is 1.89 bits per heavy atom. The van der Waals surface area contributed by atoms with Gasteiger partial charge in [-0.1, -0.05) is 6.07 Å². The first kappa shape index (κ1) is 21.5. The van der Waals surface area contributed by atoms with Crippen molar-refractivity contribution >= 4 is 10.9 Å². The predicted molar refractivity (Wildman–Crippen MR) is 135 cm³/mol. The van der Waals surface area contributed by atoms with E-state index in [0.717, 1.165) is 22.8 Å². The highest BCUT2D eigenvalue weighted by molar-refractivity contribution is 5.82. The number of rotatable bonds is 5. The molecule has 8 nitrogen and oxygen atoms in total. The van der Waals surface area contributed by atoms with Crippen molar-refractivity contribution in [2.75, 3.05) is 0 Å². The molecule has 0 N–H and O–H groups in total. The van der Waals surface area contributed by atoms with Gasteiger partial charge in [-0.05, 0) is 70.4 Å². The number of hydrogen-bond donors (Lipinski definition) is 0. The van der Waals surface area contributed by atoms with Crippen LogP contribution in [-0.2, 0) is 0 Å². The molecule has 0 amide bonds. The Morgan fingerprint density at radius 3 is 2.66 bits per heavy atom. The molecular weight excluding hydrogens is 438 g/mol. The van der Waals surface area contributed by atoms with Crippen LogP contribution in [0.5, 0.6) is 0 Å². The van der Waals surface area contributed by atoms with Crippen molar-refractivity contribution < 1.29 is 0 Å². The Balaban J connectivity index is 1.49. The lowest BCUT2D eigenvalue weighted by molar-refractivity contribution is 0.605. The minimum absolute atomic E-state index is 0.145. The highest BCUT2D eigenvalue weighted by Gasteiger charge is 2.26. The second-order valence-electron chi connectivity index (χ2n) is 9.57. The lowest BCUT2D eigenvalue weighted by Crippen LogP contribution is -2.23. The molecular formula is C27H27N7O. The Labute approximate surface area is 203 Å². The molecule has 4 aromatic heterocycles. The second-order valence-corrected chi connectivity index (χ2v) is 9.57. The monoisotopic (exact) mass is 465 g/mol. The number of benzene rings is 1. The summed E-state index contributed by atoms with van der Waals surface area (Å²) >= 11 is 0. The minimum Gasteiger partial charge on any atom is -0.327 e. The number of fused-ring (bicyclic) bond motifs is 1. The van der Waals surface area contributed by atoms with E-state index in [-0.39, 0.29) is 11.6 Å². The molecule has 0 radical (unpaired) electrons. The Hall–Kier alpha value is -4.07. The summed E-state index contributed by atoms with van der Waals surface area (Å²) in [5.74, 6) is 2.46. The van der Waals surface area contributed by atoms with Crippen LogP contribution >= 0.6 is 0 Å². The number of aryl methyl sites for hydroxylation is 2. The van der Waals surface area contributed by atoms with E-state index in [0.29, 0.717) is 34.2 Å². The van der Waals surface area contributed by atoms with Crippen molar-refractivity contribution in [2.45, 2.75) is 52.5 Å². The molecule has 5 aromatic rings. The smallest absolute Gasteiger partial charge is 0.267 e. The minimum atomic E-state index is -0.145. The fraction of sp³-hybridized carbons (Fsp3) is 0.296. The Morgan fingerprint density at radius 1 is 1.06 bits per heavy atom. The third-order valence-electron chi connectivity index (χ3n) is 6.65. The molecule has 1 aromatic carbocycles. The van der Waals surface area contributed by atoms with Gasteiger partial charge in [0.2, 0.25) is 0 Å². The summed E-state index contributed by atoms with van der Waals surface area (Å²) in [6.45, 7) is 8.08. The zero-order valence-electron chi connectivity index (χ0n) is 20.3. The molecule has 1 aliphatic rings. The van der Waals surface area contributed by atoms with Gasteiger partial charge in [-0.3, -0.25) is 4.79 Å². The number of imidazole rings is 2. The molecule has 0 unspecified atom stereocenters. The zero-order valence-corrected chi connectivity index (χ0v) is 20.3. The van der Waals surface area contributed by atoms with Crippen molar-refractivity contribution in [3.05, 3.63) is 82.7 Å². The van der Waals surface area contributed by atoms with E-state index < -0.39 is 0 Å². The quantitative estimate of drug-likeness (QED) is 0.368. The SMILES string of the molecule is Cc1cc2nc(C)n(-c3cccc(-c4nccn4C(C)C)n3)c(=O)c2cc1-n1cnc(C2CC2)c1. The van der Waals surface area contributed by atoms with Gasteiger partial charge in [0.15, 0.2) is 5.82 Å². The van der Waals surface area contributed by atoms with Gasteiger partial charge in [0.1, 0.15) is 17.3 Å². The van der Waals surface area contributed by atoms with Gasteiger partial charge in [0.05, 0.1) is 28.6 Å². The van der Waals surface area contributed by atoms with Crippen molar-refractivity contribution in [1.82, 2.24) is 33.6 Å². The van der Waals surface area contributed by atoms with E-state index in [1.165, 1.54) is 12.8 Å². The maximum absolute atomic E-state index is 13.8. The third kappa shape index (κ3) is 3.65. The number of pyridine rings is 1. The van der Waals surface area contributed by atoms with Gasteiger partial charge in [-0.25, -0.2) is 24.5 Å². The van der Waals surface area contributed by atoms with Crippen LogP contribution in [0.2, 0.25) is 0 Å². The van der Waals surface area contributed by atoms with E-state index in [1.54, 1.807) is 10.8 Å². The van der Waals surface area contributed by atoms with Crippen molar-refractivity contribution in [2.24, 2.45) is 0 Å². The first-order chi connectivity index (χ1) is 16.9. The van der Waals surface area contributed by atoms with Crippen LogP contribution in [-0.4, -0.2) is 33.6 Å². The number of nitrogens with zero attached hydrogens (tertiary/aromatic N) is 7. The van der Waals surface area contributed by atoms with Crippen LogP contribution in [0, 0.1) is 13.8 Å². The second kappa shape index (κ2) is 8.01. The van der Waals surface area contributed by atoms with Crippen LogP contribution in [0.25, 0.3) is 33.9 Å². The standard InChI is InChI=1S/C27H27N7O/c1-16(2)33-11-10-28-26(33)21-6-5-7-25(31-21)34-18(4)30-22-12-17(3)24(13-20(22)27(34)35)32-14-23(29-15-32)19-8-9-19/h5-7,10-16,19H,8-9H2,1-4H3. The molecule has 35 heavy (non-hydrogen) atoms. The molecule has 0 aliphatic heterocycles. The van der Waals surface area contributed by atoms with Gasteiger partial charge >= 0.3 is 0 Å². The van der Waals surface area contributed by atoms with Crippen LogP contribution in [0.4, 0.5) is 0 Å². The molecule has 0 bridgehead atoms. The van der Waals surface area contributed by atoms with E-state index in [4.69, 9.17) is 9.97 Å². The molecule has 0 spiro atoms. The van der Waals surface area contributed by atoms with E-state index in [2.05, 4.69) is 34.6 Å². The number of hydrogen-bond acceptors (Lipinski definition) is 5. The highest BCUT2D eigenvalue weighted by Crippen LogP contribution is 2.39. The van der Waals surface area contributed by atoms with Crippen LogP contribution in [0.3, 0.4) is 0 Å². The average Bonchev–Trinajstić information content (AvgIpc) is 3.35. The van der Waals surface area contributed by atoms with Crippen LogP contribution in [0.1, 0.15) is 55.7 Å². The van der Waals surface area contributed by atoms with Gasteiger partial charge < -0.3 is 9.13 Å². The predicted octanol–water partition coefficient (Wildman–Crippen LogP) is 4.91. The first-order valence-corrected chi connectivity index (χ1v) is 12.0. The summed E-state index contributed by atoms with van der Waals surface area (Å²) < 4.78 is 5.66. The zero-order chi connectivity index (χ0) is 24.3. The highest BCUT2D eigenvalue weighted by atomic mass is 16.1. The molecule has 1 fully saturated rings. The van der Waals surface area contributed by atoms with Crippen LogP contribution in [0.15, 0.2) is 60.0 Å². The summed E-state index contributed by atoms with van der Waals surface area (Å²) in [6, 6.07) is 9.79. The maximum Gasteiger partial charge on any atom is 0.267 e. The van der Waals surface area contributed by atoms with E-state index in [9.17, 15) is 4.79 Å². The average molecular weight is 466 g/mol. The summed E-state index contributed by atoms with van der Waals surface area (Å²) in [5.41, 5.74) is 4.34. The van der Waals surface area contributed by atoms with Crippen molar-refractivity contribution in [3.8, 4) is 23.0 Å². The summed E-state index contributed by atoms with van der Waals surface area (Å²) in [6.07, 6.45) is 10.0. The van der Waals surface area contributed by atoms with Gasteiger partial charge in [-0.15, -0.1) is 0 Å². The topological polar surface area (TPSA) is 83.4 Å². The maximum atomic E-state index is 13.8. The summed E-state index contributed by atoms with van der Waals surface area (Å²) in [7, 11) is 0. The van der Waals surface area contributed by atoms with Crippen molar-refractivity contribution in [1.29, 1.82) is 0 Å². The van der Waals surface area contributed by atoms with E-state index in [1.807, 2.05) is 61.3 Å². The Bertz CT molecular complexity index is 1640. The molecule has 0 atom stereocenters. The number of aromatic nitrogens is 7. The molecule has 8 heteroatoms.